The van der Waals surface area contributed by atoms with E-state index in [1.54, 1.807) is 43.5 Å². The Labute approximate surface area is 137 Å². The van der Waals surface area contributed by atoms with E-state index in [0.29, 0.717) is 22.8 Å². The van der Waals surface area contributed by atoms with Gasteiger partial charge in [0.15, 0.2) is 0 Å². The number of benzene rings is 1. The van der Waals surface area contributed by atoms with Gasteiger partial charge in [0, 0.05) is 17.8 Å². The highest BCUT2D eigenvalue weighted by Gasteiger charge is 2.15. The first kappa shape index (κ1) is 15.5. The fourth-order valence-electron chi connectivity index (χ4n) is 2.19. The quantitative estimate of drug-likeness (QED) is 0.762. The van der Waals surface area contributed by atoms with Crippen LogP contribution in [0.3, 0.4) is 0 Å². The van der Waals surface area contributed by atoms with Crippen molar-refractivity contribution in [3.8, 4) is 11.4 Å². The van der Waals surface area contributed by atoms with E-state index in [-0.39, 0.29) is 11.5 Å². The summed E-state index contributed by atoms with van der Waals surface area (Å²) < 4.78 is 0. The van der Waals surface area contributed by atoms with Gasteiger partial charge in [-0.1, -0.05) is 18.2 Å². The van der Waals surface area contributed by atoms with E-state index in [9.17, 15) is 9.59 Å². The van der Waals surface area contributed by atoms with Gasteiger partial charge in [0.1, 0.15) is 12.2 Å². The Morgan fingerprint density at radius 2 is 1.96 bits per heavy atom. The van der Waals surface area contributed by atoms with E-state index < -0.39 is 6.04 Å². The molecule has 2 heterocycles. The van der Waals surface area contributed by atoms with Gasteiger partial charge in [0.05, 0.1) is 17.4 Å². The number of rotatable bonds is 4. The van der Waals surface area contributed by atoms with Crippen molar-refractivity contribution in [2.24, 2.45) is 0 Å². The monoisotopic (exact) mass is 321 g/mol. The molecular weight excluding hydrogens is 306 g/mol. The Hall–Kier alpha value is -3.35. The zero-order valence-corrected chi connectivity index (χ0v) is 12.9. The van der Waals surface area contributed by atoms with Crippen LogP contribution >= 0.6 is 0 Å². The Morgan fingerprint density at radius 1 is 1.17 bits per heavy atom. The second-order valence-corrected chi connectivity index (χ2v) is 5.17. The molecule has 24 heavy (non-hydrogen) atoms. The van der Waals surface area contributed by atoms with Crippen molar-refractivity contribution < 1.29 is 4.79 Å². The van der Waals surface area contributed by atoms with Gasteiger partial charge in [0.2, 0.25) is 0 Å². The molecule has 7 heteroatoms. The van der Waals surface area contributed by atoms with Crippen molar-refractivity contribution in [3.63, 3.8) is 0 Å². The van der Waals surface area contributed by atoms with Crippen LogP contribution < -0.4 is 10.9 Å². The lowest BCUT2D eigenvalue weighted by molar-refractivity contribution is 0.0938. The summed E-state index contributed by atoms with van der Waals surface area (Å²) in [5, 5.41) is 2.81. The third-order valence-corrected chi connectivity index (χ3v) is 3.40. The second kappa shape index (κ2) is 6.82. The summed E-state index contributed by atoms with van der Waals surface area (Å²) in [6, 6.07) is 11.4. The predicted octanol–water partition coefficient (Wildman–Crippen LogP) is 1.72. The zero-order valence-electron chi connectivity index (χ0n) is 12.9. The first-order chi connectivity index (χ1) is 11.6. The number of hydrogen-bond acceptors (Lipinski definition) is 5. The Balaban J connectivity index is 1.85. The average Bonchev–Trinajstić information content (AvgIpc) is 2.62. The lowest BCUT2D eigenvalue weighted by Gasteiger charge is -2.14. The van der Waals surface area contributed by atoms with Crippen LogP contribution in [-0.2, 0) is 0 Å². The highest BCUT2D eigenvalue weighted by molar-refractivity contribution is 5.94. The molecule has 120 valence electrons. The molecule has 0 bridgehead atoms. The van der Waals surface area contributed by atoms with Gasteiger partial charge in [-0.25, -0.2) is 15.0 Å². The van der Waals surface area contributed by atoms with Crippen LogP contribution in [0.2, 0.25) is 0 Å². The molecule has 0 fully saturated rings. The maximum Gasteiger partial charge on any atom is 0.251 e. The number of aromatic nitrogens is 4. The van der Waals surface area contributed by atoms with Gasteiger partial charge in [-0.3, -0.25) is 9.59 Å². The van der Waals surface area contributed by atoms with E-state index in [0.717, 1.165) is 0 Å². The third kappa shape index (κ3) is 3.52. The molecule has 3 rings (SSSR count). The van der Waals surface area contributed by atoms with Gasteiger partial charge in [-0.15, -0.1) is 0 Å². The lowest BCUT2D eigenvalue weighted by Crippen LogP contribution is -2.29. The number of nitrogens with one attached hydrogen (secondary N) is 2. The van der Waals surface area contributed by atoms with Crippen LogP contribution in [0.25, 0.3) is 11.4 Å². The van der Waals surface area contributed by atoms with Crippen LogP contribution in [-0.4, -0.2) is 25.8 Å². The lowest BCUT2D eigenvalue weighted by atomic mass is 10.2. The smallest absolute Gasteiger partial charge is 0.251 e. The van der Waals surface area contributed by atoms with Crippen molar-refractivity contribution in [1.82, 2.24) is 25.3 Å². The van der Waals surface area contributed by atoms with E-state index in [1.807, 2.05) is 6.07 Å². The number of aromatic amines is 1. The molecule has 3 aromatic rings. The summed E-state index contributed by atoms with van der Waals surface area (Å²) >= 11 is 0. The molecule has 0 aliphatic heterocycles. The van der Waals surface area contributed by atoms with E-state index in [4.69, 9.17) is 0 Å². The number of amides is 1. The topological polar surface area (TPSA) is 101 Å². The number of carbonyl (C=O) groups excluding carboxylic acids is 1. The molecule has 0 aliphatic rings. The molecule has 1 aromatic carbocycles. The first-order valence-corrected chi connectivity index (χ1v) is 7.37. The van der Waals surface area contributed by atoms with Gasteiger partial charge >= 0.3 is 0 Å². The summed E-state index contributed by atoms with van der Waals surface area (Å²) in [6.07, 6.45) is 2.96. The second-order valence-electron chi connectivity index (χ2n) is 5.17. The molecule has 1 atom stereocenters. The molecule has 0 spiro atoms. The zero-order chi connectivity index (χ0) is 16.9. The van der Waals surface area contributed by atoms with E-state index in [2.05, 4.69) is 25.3 Å². The minimum atomic E-state index is -0.466. The fraction of sp³-hybridized carbons (Fsp3) is 0.118. The van der Waals surface area contributed by atoms with E-state index >= 15 is 0 Å². The predicted molar refractivity (Wildman–Crippen MR) is 88.2 cm³/mol. The summed E-state index contributed by atoms with van der Waals surface area (Å²) in [4.78, 5) is 39.1. The van der Waals surface area contributed by atoms with Gasteiger partial charge < -0.3 is 10.3 Å². The molecule has 7 nitrogen and oxygen atoms in total. The van der Waals surface area contributed by atoms with Crippen molar-refractivity contribution in [2.45, 2.75) is 13.0 Å². The minimum Gasteiger partial charge on any atom is -0.342 e. The SMILES string of the molecule is CC(NC(=O)c1ccccc1)c1nc(-c2ccncn2)cc(=O)[nH]1. The third-order valence-electron chi connectivity index (χ3n) is 3.40. The van der Waals surface area contributed by atoms with Crippen molar-refractivity contribution in [3.05, 3.63) is 76.7 Å². The number of nitrogens with zero attached hydrogens (tertiary/aromatic N) is 3. The largest absolute Gasteiger partial charge is 0.342 e. The highest BCUT2D eigenvalue weighted by Crippen LogP contribution is 2.14. The Morgan fingerprint density at radius 3 is 2.67 bits per heavy atom. The maximum atomic E-state index is 12.2. The van der Waals surface area contributed by atoms with Gasteiger partial charge in [0.25, 0.3) is 11.5 Å². The normalized spacial score (nSPS) is 11.7. The van der Waals surface area contributed by atoms with Crippen molar-refractivity contribution >= 4 is 5.91 Å². The molecule has 0 saturated heterocycles. The average molecular weight is 321 g/mol. The highest BCUT2D eigenvalue weighted by atomic mass is 16.1. The minimum absolute atomic E-state index is 0.238. The molecule has 0 saturated carbocycles. The molecule has 0 aliphatic carbocycles. The Kier molecular flexibility index (Phi) is 4.42. The molecular formula is C17H15N5O2. The van der Waals surface area contributed by atoms with Crippen LogP contribution in [0.15, 0.2) is 59.8 Å². The molecule has 1 unspecified atom stereocenters. The van der Waals surface area contributed by atoms with Gasteiger partial charge in [-0.2, -0.15) is 0 Å². The van der Waals surface area contributed by atoms with Crippen LogP contribution in [0.1, 0.15) is 29.1 Å². The number of hydrogen-bond donors (Lipinski definition) is 2. The van der Waals surface area contributed by atoms with Crippen LogP contribution in [0, 0.1) is 0 Å². The van der Waals surface area contributed by atoms with Crippen molar-refractivity contribution in [1.29, 1.82) is 0 Å². The van der Waals surface area contributed by atoms with Gasteiger partial charge in [-0.05, 0) is 25.1 Å². The standard InChI is InChI=1S/C17H15N5O2/c1-11(20-17(24)12-5-3-2-4-6-12)16-21-14(9-15(23)22-16)13-7-8-18-10-19-13/h2-11H,1H3,(H,20,24)(H,21,22,23). The Bertz CT molecular complexity index is 894. The molecule has 2 aromatic heterocycles. The number of carbonyl (C=O) groups is 1. The molecule has 1 amide bonds. The molecule has 0 radical (unpaired) electrons. The summed E-state index contributed by atoms with van der Waals surface area (Å²) in [6.45, 7) is 1.75. The molecule has 2 N–H and O–H groups in total. The summed E-state index contributed by atoms with van der Waals surface area (Å²) in [5.41, 5.74) is 1.20. The number of H-pyrrole nitrogens is 1. The van der Waals surface area contributed by atoms with Crippen LogP contribution in [0.5, 0.6) is 0 Å². The first-order valence-electron chi connectivity index (χ1n) is 7.37. The van der Waals surface area contributed by atoms with E-state index in [1.165, 1.54) is 12.4 Å². The maximum absolute atomic E-state index is 12.2. The summed E-state index contributed by atoms with van der Waals surface area (Å²) in [5.74, 6) is 0.124. The summed E-state index contributed by atoms with van der Waals surface area (Å²) in [7, 11) is 0. The fourth-order valence-corrected chi connectivity index (χ4v) is 2.19. The van der Waals surface area contributed by atoms with Crippen LogP contribution in [0.4, 0.5) is 0 Å². The van der Waals surface area contributed by atoms with Crippen molar-refractivity contribution in [2.75, 3.05) is 0 Å².